The summed E-state index contributed by atoms with van der Waals surface area (Å²) >= 11 is 1.36. The van der Waals surface area contributed by atoms with E-state index >= 15 is 0 Å². The Morgan fingerprint density at radius 2 is 2.35 bits per heavy atom. The highest BCUT2D eigenvalue weighted by Crippen LogP contribution is 2.28. The van der Waals surface area contributed by atoms with Crippen molar-refractivity contribution in [2.24, 2.45) is 5.16 Å². The van der Waals surface area contributed by atoms with E-state index in [9.17, 15) is 4.79 Å². The fourth-order valence-electron chi connectivity index (χ4n) is 0.904. The minimum Gasteiger partial charge on any atom is -0.480 e. The van der Waals surface area contributed by atoms with E-state index in [0.717, 1.165) is 5.13 Å². The zero-order valence-electron chi connectivity index (χ0n) is 9.71. The van der Waals surface area contributed by atoms with Crippen LogP contribution in [-0.2, 0) is 9.63 Å². The van der Waals surface area contributed by atoms with E-state index in [1.807, 2.05) is 19.0 Å². The normalized spacial score (nSPS) is 10.5. The van der Waals surface area contributed by atoms with E-state index in [-0.39, 0.29) is 0 Å². The predicted octanol–water partition coefficient (Wildman–Crippen LogP) is 0.653. The maximum Gasteiger partial charge on any atom is 0.344 e. The number of rotatable bonds is 6. The first-order valence-electron chi connectivity index (χ1n) is 4.64. The number of oxime groups is 1. The summed E-state index contributed by atoms with van der Waals surface area (Å²) in [5, 5.41) is 12.6. The van der Waals surface area contributed by atoms with Gasteiger partial charge in [-0.3, -0.25) is 0 Å². The van der Waals surface area contributed by atoms with Crippen LogP contribution in [0, 0.1) is 0 Å². The molecule has 94 valence electrons. The Morgan fingerprint density at radius 1 is 1.65 bits per heavy atom. The van der Waals surface area contributed by atoms with Crippen LogP contribution in [0.15, 0.2) is 5.16 Å². The van der Waals surface area contributed by atoms with Gasteiger partial charge in [-0.25, -0.2) is 4.79 Å². The molecule has 0 spiro atoms. The lowest BCUT2D eigenvalue weighted by Gasteiger charge is -2.04. The number of ether oxygens (including phenoxy) is 1. The van der Waals surface area contributed by atoms with Gasteiger partial charge in [-0.15, -0.1) is 0 Å². The molecule has 0 aliphatic carbocycles. The van der Waals surface area contributed by atoms with Crippen molar-refractivity contribution in [2.45, 2.75) is 0 Å². The molecule has 0 radical (unpaired) electrons. The highest BCUT2D eigenvalue weighted by Gasteiger charge is 2.11. The van der Waals surface area contributed by atoms with Gasteiger partial charge in [0.2, 0.25) is 12.5 Å². The average molecular weight is 259 g/mol. The van der Waals surface area contributed by atoms with Crippen LogP contribution < -0.4 is 9.64 Å². The molecule has 1 rings (SSSR count). The fourth-order valence-corrected chi connectivity index (χ4v) is 1.72. The largest absolute Gasteiger partial charge is 0.480 e. The number of carbonyl (C=O) groups is 1. The minimum atomic E-state index is -1.08. The third kappa shape index (κ3) is 3.91. The SMILES string of the molecule is COc1nc(N(C)C)sc1C=NOCC(=O)O. The van der Waals surface area contributed by atoms with Crippen LogP contribution in [0.5, 0.6) is 5.88 Å². The molecule has 0 aliphatic rings. The van der Waals surface area contributed by atoms with Crippen LogP contribution in [0.2, 0.25) is 0 Å². The second kappa shape index (κ2) is 6.04. The summed E-state index contributed by atoms with van der Waals surface area (Å²) in [4.78, 5) is 21.4. The number of methoxy groups -OCH3 is 1. The molecule has 0 aromatic carbocycles. The molecule has 0 fully saturated rings. The first kappa shape index (κ1) is 13.2. The number of carboxylic acids is 1. The van der Waals surface area contributed by atoms with Gasteiger partial charge in [-0.1, -0.05) is 16.5 Å². The quantitative estimate of drug-likeness (QED) is 0.596. The van der Waals surface area contributed by atoms with Crippen LogP contribution in [0.4, 0.5) is 5.13 Å². The van der Waals surface area contributed by atoms with Gasteiger partial charge in [0.05, 0.1) is 13.3 Å². The lowest BCUT2D eigenvalue weighted by atomic mass is 10.6. The standard InChI is InChI=1S/C9H13N3O4S/c1-12(2)9-11-8(15-3)6(17-9)4-10-16-5-7(13)14/h4H,5H2,1-3H3,(H,13,14). The Morgan fingerprint density at radius 3 is 2.88 bits per heavy atom. The number of aromatic nitrogens is 1. The van der Waals surface area contributed by atoms with Gasteiger partial charge in [-0.2, -0.15) is 4.98 Å². The summed E-state index contributed by atoms with van der Waals surface area (Å²) in [6, 6.07) is 0. The van der Waals surface area contributed by atoms with Crippen LogP contribution in [0.25, 0.3) is 0 Å². The van der Waals surface area contributed by atoms with Crippen molar-refractivity contribution in [3.63, 3.8) is 0 Å². The first-order chi connectivity index (χ1) is 8.04. The van der Waals surface area contributed by atoms with Crippen molar-refractivity contribution < 1.29 is 19.5 Å². The molecule has 17 heavy (non-hydrogen) atoms. The third-order valence-electron chi connectivity index (χ3n) is 1.62. The molecule has 0 unspecified atom stereocenters. The molecule has 0 bridgehead atoms. The number of carboxylic acid groups (broad SMARTS) is 1. The van der Waals surface area contributed by atoms with Crippen LogP contribution >= 0.6 is 11.3 Å². The summed E-state index contributed by atoms with van der Waals surface area (Å²) in [6.07, 6.45) is 1.38. The van der Waals surface area contributed by atoms with E-state index < -0.39 is 12.6 Å². The van der Waals surface area contributed by atoms with Gasteiger partial charge in [0.25, 0.3) is 0 Å². The molecule has 0 saturated carbocycles. The van der Waals surface area contributed by atoms with E-state index in [1.54, 1.807) is 0 Å². The molecule has 0 aliphatic heterocycles. The van der Waals surface area contributed by atoms with Crippen molar-refractivity contribution >= 4 is 28.7 Å². The van der Waals surface area contributed by atoms with E-state index in [2.05, 4.69) is 15.0 Å². The van der Waals surface area contributed by atoms with Crippen molar-refractivity contribution in [1.29, 1.82) is 0 Å². The number of anilines is 1. The molecular formula is C9H13N3O4S. The average Bonchev–Trinajstić information content (AvgIpc) is 2.67. The van der Waals surface area contributed by atoms with Gasteiger partial charge in [0, 0.05) is 14.1 Å². The van der Waals surface area contributed by atoms with Gasteiger partial charge >= 0.3 is 5.97 Å². The van der Waals surface area contributed by atoms with Gasteiger partial charge in [-0.05, 0) is 0 Å². The Hall–Kier alpha value is -1.83. The molecule has 1 N–H and O–H groups in total. The molecule has 0 amide bonds. The van der Waals surface area contributed by atoms with Crippen LogP contribution in [-0.4, -0.2) is 50.1 Å². The highest BCUT2D eigenvalue weighted by atomic mass is 32.1. The molecule has 1 heterocycles. The Kier molecular flexibility index (Phi) is 4.70. The lowest BCUT2D eigenvalue weighted by molar-refractivity contribution is -0.142. The number of hydrogen-bond acceptors (Lipinski definition) is 7. The Labute approximate surface area is 102 Å². The number of hydrogen-bond donors (Lipinski definition) is 1. The zero-order valence-corrected chi connectivity index (χ0v) is 10.5. The predicted molar refractivity (Wildman–Crippen MR) is 64.2 cm³/mol. The summed E-state index contributed by atoms with van der Waals surface area (Å²) in [5.74, 6) is -0.645. The van der Waals surface area contributed by atoms with Crippen LogP contribution in [0.3, 0.4) is 0 Å². The topological polar surface area (TPSA) is 84.3 Å². The summed E-state index contributed by atoms with van der Waals surface area (Å²) in [7, 11) is 5.23. The number of thiazole rings is 1. The number of aliphatic carboxylic acids is 1. The van der Waals surface area contributed by atoms with E-state index in [1.165, 1.54) is 24.7 Å². The second-order valence-corrected chi connectivity index (χ2v) is 4.18. The van der Waals surface area contributed by atoms with Gasteiger partial charge in [0.1, 0.15) is 4.88 Å². The summed E-state index contributed by atoms with van der Waals surface area (Å²) in [6.45, 7) is -0.474. The molecule has 1 aromatic rings. The molecule has 1 aromatic heterocycles. The van der Waals surface area contributed by atoms with Gasteiger partial charge < -0.3 is 19.6 Å². The van der Waals surface area contributed by atoms with Crippen molar-refractivity contribution in [2.75, 3.05) is 32.7 Å². The van der Waals surface area contributed by atoms with Crippen molar-refractivity contribution in [3.8, 4) is 5.88 Å². The van der Waals surface area contributed by atoms with Crippen molar-refractivity contribution in [3.05, 3.63) is 4.88 Å². The van der Waals surface area contributed by atoms with Crippen molar-refractivity contribution in [1.82, 2.24) is 4.98 Å². The maximum atomic E-state index is 10.2. The summed E-state index contributed by atoms with van der Waals surface area (Å²) < 4.78 is 5.06. The third-order valence-corrected chi connectivity index (χ3v) is 2.76. The van der Waals surface area contributed by atoms with E-state index in [0.29, 0.717) is 10.8 Å². The molecule has 8 heteroatoms. The van der Waals surface area contributed by atoms with Crippen LogP contribution in [0.1, 0.15) is 4.88 Å². The first-order valence-corrected chi connectivity index (χ1v) is 5.45. The highest BCUT2D eigenvalue weighted by molar-refractivity contribution is 7.17. The lowest BCUT2D eigenvalue weighted by Crippen LogP contribution is -2.07. The molecule has 0 atom stereocenters. The minimum absolute atomic E-state index is 0.432. The monoisotopic (exact) mass is 259 g/mol. The number of nitrogens with zero attached hydrogens (tertiary/aromatic N) is 3. The Bertz CT molecular complexity index is 416. The molecular weight excluding hydrogens is 246 g/mol. The molecule has 7 nitrogen and oxygen atoms in total. The Balaban J connectivity index is 2.72. The maximum absolute atomic E-state index is 10.2. The second-order valence-electron chi connectivity index (χ2n) is 3.17. The fraction of sp³-hybridized carbons (Fsp3) is 0.444. The van der Waals surface area contributed by atoms with Gasteiger partial charge in [0.15, 0.2) is 5.13 Å². The zero-order chi connectivity index (χ0) is 12.8. The smallest absolute Gasteiger partial charge is 0.344 e. The molecule has 0 saturated heterocycles. The summed E-state index contributed by atoms with van der Waals surface area (Å²) in [5.41, 5.74) is 0. The van der Waals surface area contributed by atoms with E-state index in [4.69, 9.17) is 9.84 Å².